The van der Waals surface area contributed by atoms with Crippen molar-refractivity contribution in [2.45, 2.75) is 62.9 Å². The van der Waals surface area contributed by atoms with Crippen molar-refractivity contribution < 1.29 is 9.13 Å². The number of benzene rings is 2. The Morgan fingerprint density at radius 2 is 1.86 bits per heavy atom. The first kappa shape index (κ1) is 28.0. The van der Waals surface area contributed by atoms with Gasteiger partial charge in [-0.2, -0.15) is 9.97 Å². The molecule has 2 aromatic carbocycles. The molecule has 2 aromatic heterocycles. The molecule has 3 fully saturated rings. The van der Waals surface area contributed by atoms with Gasteiger partial charge in [-0.15, -0.1) is 6.42 Å². The lowest BCUT2D eigenvalue weighted by molar-refractivity contribution is 0.0738. The first-order valence-corrected chi connectivity index (χ1v) is 15.5. The van der Waals surface area contributed by atoms with Crippen LogP contribution < -0.4 is 10.1 Å². The van der Waals surface area contributed by atoms with E-state index < -0.39 is 5.82 Å². The van der Waals surface area contributed by atoms with Gasteiger partial charge >= 0.3 is 6.01 Å². The standard InChI is InChI=1S/C35H39FN6O/c1-5-25-23(2)12-13-24-10-6-11-26(28(24)25)30-29(36)31-27(20-37-30)32(38-21-34(41(3)4)14-7-15-34)40-33(39-31)43-22-35-16-8-18-42(35)19-9-17-35/h1,6,10-13,20H,7-9,14-19,21-22H2,2-4H3,(H,38,39,40). The van der Waals surface area contributed by atoms with Gasteiger partial charge in [0.1, 0.15) is 23.6 Å². The van der Waals surface area contributed by atoms with Gasteiger partial charge in [-0.25, -0.2) is 4.39 Å². The second kappa shape index (κ2) is 10.7. The van der Waals surface area contributed by atoms with Crippen molar-refractivity contribution in [1.29, 1.82) is 0 Å². The number of hydrogen-bond donors (Lipinski definition) is 1. The third-order valence-electron chi connectivity index (χ3n) is 10.4. The van der Waals surface area contributed by atoms with Crippen LogP contribution in [-0.4, -0.2) is 76.2 Å². The number of aromatic nitrogens is 3. The maximum atomic E-state index is 16.7. The second-order valence-corrected chi connectivity index (χ2v) is 12.9. The molecule has 4 aromatic rings. The van der Waals surface area contributed by atoms with Gasteiger partial charge in [-0.05, 0) is 90.0 Å². The number of halogens is 1. The summed E-state index contributed by atoms with van der Waals surface area (Å²) in [6, 6.07) is 9.99. The zero-order valence-electron chi connectivity index (χ0n) is 25.3. The van der Waals surface area contributed by atoms with Crippen LogP contribution in [0, 0.1) is 25.1 Å². The summed E-state index contributed by atoms with van der Waals surface area (Å²) in [6.07, 6.45) is 15.6. The largest absolute Gasteiger partial charge is 0.461 e. The zero-order valence-corrected chi connectivity index (χ0v) is 25.3. The molecule has 0 radical (unpaired) electrons. The Bertz CT molecular complexity index is 1750. The Hall–Kier alpha value is -3.80. The number of nitrogens with one attached hydrogen (secondary N) is 1. The van der Waals surface area contributed by atoms with Crippen LogP contribution >= 0.6 is 0 Å². The third kappa shape index (κ3) is 4.61. The van der Waals surface area contributed by atoms with E-state index in [2.05, 4.69) is 45.1 Å². The van der Waals surface area contributed by atoms with E-state index in [-0.39, 0.29) is 28.3 Å². The lowest BCUT2D eigenvalue weighted by Crippen LogP contribution is -2.54. The Morgan fingerprint density at radius 1 is 1.07 bits per heavy atom. The van der Waals surface area contributed by atoms with E-state index in [1.54, 1.807) is 6.20 Å². The van der Waals surface area contributed by atoms with E-state index >= 15 is 4.39 Å². The molecule has 0 amide bonds. The number of fused-ring (bicyclic) bond motifs is 3. The van der Waals surface area contributed by atoms with Gasteiger partial charge in [0.05, 0.1) is 10.9 Å². The molecule has 8 heteroatoms. The Labute approximate surface area is 252 Å². The van der Waals surface area contributed by atoms with E-state index in [1.807, 2.05) is 37.3 Å². The van der Waals surface area contributed by atoms with Crippen molar-refractivity contribution in [1.82, 2.24) is 24.8 Å². The molecular weight excluding hydrogens is 539 g/mol. The SMILES string of the molecule is C#Cc1c(C)ccc2cccc(-c3ncc4c(NCC5(N(C)C)CCC5)nc(OCC56CCCN5CCC6)nc4c3F)c12. The molecular formula is C35H39FN6O. The van der Waals surface area contributed by atoms with Gasteiger partial charge in [0.25, 0.3) is 0 Å². The third-order valence-corrected chi connectivity index (χ3v) is 10.4. The number of ether oxygens (including phenoxy) is 1. The normalized spacial score (nSPS) is 19.0. The topological polar surface area (TPSA) is 66.4 Å². The first-order valence-electron chi connectivity index (χ1n) is 15.5. The summed E-state index contributed by atoms with van der Waals surface area (Å²) in [7, 11) is 4.23. The minimum Gasteiger partial charge on any atom is -0.461 e. The summed E-state index contributed by atoms with van der Waals surface area (Å²) < 4.78 is 23.1. The molecule has 1 saturated carbocycles. The van der Waals surface area contributed by atoms with Gasteiger partial charge < -0.3 is 15.0 Å². The molecule has 43 heavy (non-hydrogen) atoms. The van der Waals surface area contributed by atoms with Crippen LogP contribution in [0.15, 0.2) is 36.5 Å². The van der Waals surface area contributed by atoms with Gasteiger partial charge in [-0.1, -0.05) is 36.3 Å². The summed E-state index contributed by atoms with van der Waals surface area (Å²) in [5, 5.41) is 5.85. The molecule has 3 aliphatic rings. The molecule has 4 heterocycles. The summed E-state index contributed by atoms with van der Waals surface area (Å²) in [5.41, 5.74) is 2.85. The lowest BCUT2D eigenvalue weighted by atomic mass is 9.75. The quantitative estimate of drug-likeness (QED) is 0.251. The number of anilines is 1. The van der Waals surface area contributed by atoms with Crippen molar-refractivity contribution in [3.8, 4) is 29.6 Å². The van der Waals surface area contributed by atoms with Crippen molar-refractivity contribution in [2.75, 3.05) is 45.7 Å². The summed E-state index contributed by atoms with van der Waals surface area (Å²) in [5.74, 6) is 2.87. The highest BCUT2D eigenvalue weighted by Crippen LogP contribution is 2.41. The molecule has 2 aliphatic heterocycles. The van der Waals surface area contributed by atoms with Crippen molar-refractivity contribution in [3.63, 3.8) is 0 Å². The predicted octanol–water partition coefficient (Wildman–Crippen LogP) is 6.18. The van der Waals surface area contributed by atoms with Crippen LogP contribution in [0.25, 0.3) is 32.9 Å². The van der Waals surface area contributed by atoms with Gasteiger partial charge in [-0.3, -0.25) is 9.88 Å². The van der Waals surface area contributed by atoms with Crippen LogP contribution in [0.5, 0.6) is 6.01 Å². The van der Waals surface area contributed by atoms with Crippen LogP contribution in [0.4, 0.5) is 10.2 Å². The molecule has 222 valence electrons. The number of nitrogens with zero attached hydrogens (tertiary/aromatic N) is 5. The highest BCUT2D eigenvalue weighted by Gasteiger charge is 2.45. The van der Waals surface area contributed by atoms with Crippen LogP contribution in [0.1, 0.15) is 56.1 Å². The van der Waals surface area contributed by atoms with Gasteiger partial charge in [0.2, 0.25) is 0 Å². The Morgan fingerprint density at radius 3 is 2.56 bits per heavy atom. The van der Waals surface area contributed by atoms with Crippen LogP contribution in [-0.2, 0) is 0 Å². The molecule has 0 spiro atoms. The second-order valence-electron chi connectivity index (χ2n) is 12.9. The zero-order chi connectivity index (χ0) is 29.8. The molecule has 7 nitrogen and oxygen atoms in total. The fraction of sp³-hybridized carbons (Fsp3) is 0.457. The molecule has 0 unspecified atom stereocenters. The van der Waals surface area contributed by atoms with E-state index in [0.717, 1.165) is 60.7 Å². The van der Waals surface area contributed by atoms with E-state index in [4.69, 9.17) is 16.1 Å². The lowest BCUT2D eigenvalue weighted by Gasteiger charge is -2.47. The maximum absolute atomic E-state index is 16.7. The molecule has 7 rings (SSSR count). The van der Waals surface area contributed by atoms with E-state index in [1.165, 1.54) is 19.3 Å². The Balaban J connectivity index is 1.33. The molecule has 0 atom stereocenters. The fourth-order valence-electron chi connectivity index (χ4n) is 7.57. The molecule has 1 aliphatic carbocycles. The van der Waals surface area contributed by atoms with Gasteiger partial charge in [0.15, 0.2) is 5.82 Å². The average Bonchev–Trinajstić information content (AvgIpc) is 3.56. The monoisotopic (exact) mass is 578 g/mol. The van der Waals surface area contributed by atoms with Crippen molar-refractivity contribution in [2.24, 2.45) is 0 Å². The van der Waals surface area contributed by atoms with Gasteiger partial charge in [0, 0.05) is 34.8 Å². The smallest absolute Gasteiger partial charge is 0.319 e. The highest BCUT2D eigenvalue weighted by molar-refractivity contribution is 6.02. The highest BCUT2D eigenvalue weighted by atomic mass is 19.1. The number of aryl methyl sites for hydroxylation is 1. The van der Waals surface area contributed by atoms with Crippen LogP contribution in [0.2, 0.25) is 0 Å². The van der Waals surface area contributed by atoms with E-state index in [9.17, 15) is 0 Å². The summed E-state index contributed by atoms with van der Waals surface area (Å²) >= 11 is 0. The number of hydrogen-bond acceptors (Lipinski definition) is 7. The molecule has 1 N–H and O–H groups in total. The average molecular weight is 579 g/mol. The van der Waals surface area contributed by atoms with Crippen molar-refractivity contribution >= 4 is 27.5 Å². The minimum absolute atomic E-state index is 0.0290. The molecule has 2 saturated heterocycles. The maximum Gasteiger partial charge on any atom is 0.319 e. The van der Waals surface area contributed by atoms with Crippen molar-refractivity contribution in [3.05, 3.63) is 53.5 Å². The summed E-state index contributed by atoms with van der Waals surface area (Å²) in [6.45, 7) is 5.39. The first-order chi connectivity index (χ1) is 20.8. The fourth-order valence-corrected chi connectivity index (χ4v) is 7.57. The number of pyridine rings is 1. The predicted molar refractivity (Wildman–Crippen MR) is 170 cm³/mol. The van der Waals surface area contributed by atoms with E-state index in [0.29, 0.717) is 29.9 Å². The summed E-state index contributed by atoms with van der Waals surface area (Å²) in [4.78, 5) is 19.0. The Kier molecular flexibility index (Phi) is 6.98. The number of likely N-dealkylation sites (N-methyl/N-ethyl adjacent to an activating group) is 1. The molecule has 0 bridgehead atoms. The minimum atomic E-state index is -0.503. The van der Waals surface area contributed by atoms with Crippen LogP contribution in [0.3, 0.4) is 0 Å². The number of rotatable bonds is 8. The number of terminal acetylenes is 1.